The van der Waals surface area contributed by atoms with Crippen molar-refractivity contribution in [2.45, 2.75) is 26.7 Å². The van der Waals surface area contributed by atoms with Gasteiger partial charge in [-0.15, -0.1) is 0 Å². The lowest BCUT2D eigenvalue weighted by atomic mass is 9.96. The fraction of sp³-hybridized carbons (Fsp3) is 0.444. The van der Waals surface area contributed by atoms with Crippen molar-refractivity contribution in [3.63, 3.8) is 0 Å². The van der Waals surface area contributed by atoms with E-state index in [1.54, 1.807) is 6.92 Å². The van der Waals surface area contributed by atoms with Gasteiger partial charge in [0.25, 0.3) is 0 Å². The summed E-state index contributed by atoms with van der Waals surface area (Å²) in [6.07, 6.45) is 5.96. The Kier molecular flexibility index (Phi) is 2.05. The van der Waals surface area contributed by atoms with Gasteiger partial charge in [-0.05, 0) is 32.3 Å². The number of ketones is 1. The molecule has 0 unspecified atom stereocenters. The van der Waals surface area contributed by atoms with Gasteiger partial charge in [0.05, 0.1) is 0 Å². The van der Waals surface area contributed by atoms with Crippen LogP contribution in [-0.4, -0.2) is 5.78 Å². The highest BCUT2D eigenvalue weighted by Gasteiger charge is 2.07. The first-order valence-electron chi connectivity index (χ1n) is 3.56. The SMILES string of the molecule is CC(=O)C1=C(C)CC=CC1. The Morgan fingerprint density at radius 3 is 2.40 bits per heavy atom. The van der Waals surface area contributed by atoms with Gasteiger partial charge in [0.2, 0.25) is 0 Å². The molecule has 1 aliphatic rings. The molecule has 10 heavy (non-hydrogen) atoms. The van der Waals surface area contributed by atoms with E-state index in [1.807, 2.05) is 6.92 Å². The van der Waals surface area contributed by atoms with Crippen LogP contribution in [0.25, 0.3) is 0 Å². The van der Waals surface area contributed by atoms with Crippen LogP contribution in [0.1, 0.15) is 26.7 Å². The Balaban J connectivity index is 2.81. The molecule has 0 spiro atoms. The van der Waals surface area contributed by atoms with E-state index in [9.17, 15) is 4.79 Å². The average molecular weight is 136 g/mol. The van der Waals surface area contributed by atoms with Crippen LogP contribution in [0.5, 0.6) is 0 Å². The van der Waals surface area contributed by atoms with Crippen LogP contribution >= 0.6 is 0 Å². The number of allylic oxidation sites excluding steroid dienone is 4. The topological polar surface area (TPSA) is 17.1 Å². The van der Waals surface area contributed by atoms with Crippen LogP contribution in [0.4, 0.5) is 0 Å². The molecule has 0 fully saturated rings. The molecule has 1 rings (SSSR count). The van der Waals surface area contributed by atoms with Gasteiger partial charge in [0, 0.05) is 0 Å². The molecule has 0 N–H and O–H groups in total. The van der Waals surface area contributed by atoms with Crippen molar-refractivity contribution in [2.75, 3.05) is 0 Å². The molecule has 0 aliphatic heterocycles. The molecule has 1 nitrogen and oxygen atoms in total. The summed E-state index contributed by atoms with van der Waals surface area (Å²) in [6.45, 7) is 3.66. The van der Waals surface area contributed by atoms with Gasteiger partial charge >= 0.3 is 0 Å². The first-order chi connectivity index (χ1) is 4.72. The maximum atomic E-state index is 10.9. The Hall–Kier alpha value is -0.850. The van der Waals surface area contributed by atoms with E-state index in [4.69, 9.17) is 0 Å². The summed E-state index contributed by atoms with van der Waals surface area (Å²) in [4.78, 5) is 10.9. The molecule has 1 aliphatic carbocycles. The third-order valence-corrected chi connectivity index (χ3v) is 1.85. The number of carbonyl (C=O) groups is 1. The Bertz CT molecular complexity index is 209. The van der Waals surface area contributed by atoms with Gasteiger partial charge in [-0.25, -0.2) is 0 Å². The minimum Gasteiger partial charge on any atom is -0.295 e. The molecule has 0 aromatic carbocycles. The van der Waals surface area contributed by atoms with Crippen molar-refractivity contribution < 1.29 is 4.79 Å². The summed E-state index contributed by atoms with van der Waals surface area (Å²) in [7, 11) is 0. The van der Waals surface area contributed by atoms with Crippen LogP contribution in [0.15, 0.2) is 23.3 Å². The molecular formula is C9H12O. The minimum absolute atomic E-state index is 0.224. The zero-order valence-electron chi connectivity index (χ0n) is 6.48. The lowest BCUT2D eigenvalue weighted by Gasteiger charge is -2.09. The predicted octanol–water partition coefficient (Wildman–Crippen LogP) is 2.24. The number of rotatable bonds is 1. The highest BCUT2D eigenvalue weighted by Crippen LogP contribution is 2.18. The van der Waals surface area contributed by atoms with Gasteiger partial charge < -0.3 is 0 Å². The summed E-state index contributed by atoms with van der Waals surface area (Å²) >= 11 is 0. The number of hydrogen-bond donors (Lipinski definition) is 0. The van der Waals surface area contributed by atoms with Crippen molar-refractivity contribution in [2.24, 2.45) is 0 Å². The summed E-state index contributed by atoms with van der Waals surface area (Å²) in [5, 5.41) is 0. The van der Waals surface area contributed by atoms with Crippen LogP contribution in [0.3, 0.4) is 0 Å². The van der Waals surface area contributed by atoms with Crippen LogP contribution < -0.4 is 0 Å². The third kappa shape index (κ3) is 1.35. The lowest BCUT2D eigenvalue weighted by Crippen LogP contribution is -2.01. The maximum Gasteiger partial charge on any atom is 0.156 e. The molecule has 54 valence electrons. The quantitative estimate of drug-likeness (QED) is 0.505. The van der Waals surface area contributed by atoms with Gasteiger partial charge in [-0.2, -0.15) is 0 Å². The number of carbonyl (C=O) groups excluding carboxylic acids is 1. The van der Waals surface area contributed by atoms with E-state index >= 15 is 0 Å². The van der Waals surface area contributed by atoms with E-state index in [-0.39, 0.29) is 5.78 Å². The van der Waals surface area contributed by atoms with Crippen molar-refractivity contribution in [1.82, 2.24) is 0 Å². The van der Waals surface area contributed by atoms with Crippen molar-refractivity contribution >= 4 is 5.78 Å². The minimum atomic E-state index is 0.224. The second-order valence-electron chi connectivity index (χ2n) is 2.69. The zero-order chi connectivity index (χ0) is 7.56. The van der Waals surface area contributed by atoms with Gasteiger partial charge in [0.1, 0.15) is 0 Å². The van der Waals surface area contributed by atoms with Crippen molar-refractivity contribution in [1.29, 1.82) is 0 Å². The summed E-state index contributed by atoms with van der Waals surface area (Å²) in [5.41, 5.74) is 2.23. The van der Waals surface area contributed by atoms with Crippen LogP contribution in [-0.2, 0) is 4.79 Å². The standard InChI is InChI=1S/C9H12O/c1-7-5-3-4-6-9(7)8(2)10/h3-4H,5-6H2,1-2H3. The fourth-order valence-electron chi connectivity index (χ4n) is 1.20. The zero-order valence-corrected chi connectivity index (χ0v) is 6.48. The van der Waals surface area contributed by atoms with E-state index in [2.05, 4.69) is 12.2 Å². The first kappa shape index (κ1) is 7.26. The van der Waals surface area contributed by atoms with E-state index in [0.717, 1.165) is 18.4 Å². The summed E-state index contributed by atoms with van der Waals surface area (Å²) in [5.74, 6) is 0.224. The Morgan fingerprint density at radius 1 is 1.40 bits per heavy atom. The number of hydrogen-bond acceptors (Lipinski definition) is 1. The Morgan fingerprint density at radius 2 is 2.00 bits per heavy atom. The number of Topliss-reactive ketones (excluding diaryl/α,β-unsaturated/α-hetero) is 1. The molecule has 0 aromatic rings. The lowest BCUT2D eigenvalue weighted by molar-refractivity contribution is -0.113. The third-order valence-electron chi connectivity index (χ3n) is 1.85. The molecule has 0 saturated carbocycles. The molecule has 0 radical (unpaired) electrons. The monoisotopic (exact) mass is 136 g/mol. The van der Waals surface area contributed by atoms with E-state index < -0.39 is 0 Å². The van der Waals surface area contributed by atoms with Gasteiger partial charge in [-0.1, -0.05) is 17.7 Å². The molecule has 0 amide bonds. The molecule has 1 heteroatoms. The van der Waals surface area contributed by atoms with Gasteiger partial charge in [-0.3, -0.25) is 4.79 Å². The second-order valence-corrected chi connectivity index (χ2v) is 2.69. The Labute approximate surface area is 61.4 Å². The maximum absolute atomic E-state index is 10.9. The molecular weight excluding hydrogens is 124 g/mol. The highest BCUT2D eigenvalue weighted by atomic mass is 16.1. The predicted molar refractivity (Wildman–Crippen MR) is 41.8 cm³/mol. The van der Waals surface area contributed by atoms with E-state index in [0.29, 0.717) is 0 Å². The fourth-order valence-corrected chi connectivity index (χ4v) is 1.20. The van der Waals surface area contributed by atoms with E-state index in [1.165, 1.54) is 5.57 Å². The molecule has 0 heterocycles. The average Bonchev–Trinajstić information content (AvgIpc) is 1.88. The highest BCUT2D eigenvalue weighted by molar-refractivity contribution is 5.94. The van der Waals surface area contributed by atoms with Crippen molar-refractivity contribution in [3.05, 3.63) is 23.3 Å². The van der Waals surface area contributed by atoms with Crippen molar-refractivity contribution in [3.8, 4) is 0 Å². The summed E-state index contributed by atoms with van der Waals surface area (Å²) < 4.78 is 0. The largest absolute Gasteiger partial charge is 0.295 e. The smallest absolute Gasteiger partial charge is 0.156 e. The molecule has 0 aromatic heterocycles. The van der Waals surface area contributed by atoms with Gasteiger partial charge in [0.15, 0.2) is 5.78 Å². The molecule has 0 saturated heterocycles. The normalized spacial score (nSPS) is 17.8. The molecule has 0 bridgehead atoms. The summed E-state index contributed by atoms with van der Waals surface area (Å²) in [6, 6.07) is 0. The molecule has 0 atom stereocenters. The first-order valence-corrected chi connectivity index (χ1v) is 3.56. The second kappa shape index (κ2) is 2.82. The van der Waals surface area contributed by atoms with Crippen LogP contribution in [0, 0.1) is 0 Å². The van der Waals surface area contributed by atoms with Crippen LogP contribution in [0.2, 0.25) is 0 Å².